The molecule has 0 saturated heterocycles. The van der Waals surface area contributed by atoms with Crippen LogP contribution >= 0.6 is 0 Å². The van der Waals surface area contributed by atoms with E-state index in [0.29, 0.717) is 5.95 Å². The molecule has 2 aromatic carbocycles. The smallest absolute Gasteiger partial charge is 0.408 e. The number of hydrogen-bond donors (Lipinski definition) is 4. The van der Waals surface area contributed by atoms with Crippen LogP contribution in [0.3, 0.4) is 0 Å². The molecule has 11 nitrogen and oxygen atoms in total. The van der Waals surface area contributed by atoms with Crippen LogP contribution in [-0.2, 0) is 20.7 Å². The number of imidazole rings is 1. The summed E-state index contributed by atoms with van der Waals surface area (Å²) in [5, 5.41) is 18.0. The number of hydrazine groups is 1. The Morgan fingerprint density at radius 1 is 1.00 bits per heavy atom. The molecule has 0 unspecified atom stereocenters. The Kier molecular flexibility index (Phi) is 8.10. The number of nitrogens with zero attached hydrogens (tertiary/aromatic N) is 3. The van der Waals surface area contributed by atoms with Crippen molar-refractivity contribution in [3.05, 3.63) is 60.2 Å². The normalized spacial score (nSPS) is 14.8. The van der Waals surface area contributed by atoms with Crippen LogP contribution in [-0.4, -0.2) is 56.5 Å². The Balaban J connectivity index is 1.47. The lowest BCUT2D eigenvalue weighted by atomic mass is 9.99. The zero-order chi connectivity index (χ0) is 28.3. The van der Waals surface area contributed by atoms with Gasteiger partial charge in [-0.1, -0.05) is 56.3 Å². The number of aromatic nitrogens is 2. The quantitative estimate of drug-likeness (QED) is 0.292. The minimum Gasteiger partial charge on any atom is -0.436 e. The van der Waals surface area contributed by atoms with Crippen LogP contribution in [0, 0.1) is 5.92 Å². The average Bonchev–Trinajstić information content (AvgIpc) is 3.36. The highest BCUT2D eigenvalue weighted by Crippen LogP contribution is 2.33. The van der Waals surface area contributed by atoms with Gasteiger partial charge in [-0.15, -0.1) is 5.12 Å². The van der Waals surface area contributed by atoms with E-state index in [1.807, 2.05) is 68.4 Å². The van der Waals surface area contributed by atoms with Crippen LogP contribution in [0.4, 0.5) is 10.7 Å². The number of rotatable bonds is 10. The fraction of sp³-hybridized carbons (Fsp3) is 0.429. The van der Waals surface area contributed by atoms with Crippen molar-refractivity contribution >= 4 is 34.9 Å². The Hall–Kier alpha value is -4.12. The third-order valence-corrected chi connectivity index (χ3v) is 6.07. The molecule has 0 radical (unpaired) electrons. The monoisotopic (exact) mass is 536 g/mol. The number of aliphatic hydroxyl groups excluding tert-OH is 1. The summed E-state index contributed by atoms with van der Waals surface area (Å²) in [7, 11) is 0. The van der Waals surface area contributed by atoms with E-state index in [9.17, 15) is 19.5 Å². The molecule has 0 spiro atoms. The minimum atomic E-state index is -1.60. The lowest BCUT2D eigenvalue weighted by Gasteiger charge is -2.28. The lowest BCUT2D eigenvalue weighted by molar-refractivity contribution is -0.135. The van der Waals surface area contributed by atoms with Crippen molar-refractivity contribution in [1.29, 1.82) is 0 Å². The summed E-state index contributed by atoms with van der Waals surface area (Å²) in [5.74, 6) is -0.719. The molecule has 3 atom stereocenters. The third kappa shape index (κ3) is 7.05. The molecule has 208 valence electrons. The molecule has 4 rings (SSSR count). The lowest BCUT2D eigenvalue weighted by Crippen LogP contribution is -2.56. The van der Waals surface area contributed by atoms with E-state index in [1.165, 1.54) is 5.12 Å². The molecule has 2 heterocycles. The van der Waals surface area contributed by atoms with Crippen molar-refractivity contribution in [1.82, 2.24) is 25.7 Å². The standard InChI is InChI=1S/C28H36N6O5/c1-17(2)15-22(39-27(38)31-28(3,4)5)24(36)29-20(16-18-11-7-6-8-12-18)23(35)25(37)32-34-26-30-19-13-9-10-14-21(19)33(26)34/h6-14,17,20,22-23,35H,15-16H2,1-5H3,(H,29,36)(H,31,38)(H,32,37)/t20-,22-,23+,33?,34?/m0/s1. The summed E-state index contributed by atoms with van der Waals surface area (Å²) in [4.78, 5) is 43.3. The highest BCUT2D eigenvalue weighted by Gasteiger charge is 2.39. The Bertz CT molecular complexity index is 1330. The van der Waals surface area contributed by atoms with E-state index in [1.54, 1.807) is 25.4 Å². The molecule has 0 bridgehead atoms. The molecule has 4 N–H and O–H groups in total. The molecule has 1 aliphatic rings. The molecule has 0 saturated carbocycles. The zero-order valence-corrected chi connectivity index (χ0v) is 22.8. The number of nitrogens with one attached hydrogen (secondary N) is 3. The van der Waals surface area contributed by atoms with Crippen molar-refractivity contribution in [2.24, 2.45) is 5.92 Å². The summed E-state index contributed by atoms with van der Waals surface area (Å²) in [6, 6.07) is 15.7. The Morgan fingerprint density at radius 2 is 1.67 bits per heavy atom. The summed E-state index contributed by atoms with van der Waals surface area (Å²) >= 11 is 0. The second-order valence-electron chi connectivity index (χ2n) is 11.1. The van der Waals surface area contributed by atoms with Gasteiger partial charge in [-0.05, 0) is 57.2 Å². The van der Waals surface area contributed by atoms with E-state index in [4.69, 9.17) is 4.74 Å². The topological polar surface area (TPSA) is 138 Å². The van der Waals surface area contributed by atoms with Gasteiger partial charge in [0, 0.05) is 5.54 Å². The number of hydrogen-bond acceptors (Lipinski definition) is 7. The van der Waals surface area contributed by atoms with Gasteiger partial charge in [0.2, 0.25) is 0 Å². The van der Waals surface area contributed by atoms with Crippen molar-refractivity contribution in [2.45, 2.75) is 71.2 Å². The number of anilines is 1. The summed E-state index contributed by atoms with van der Waals surface area (Å²) in [5.41, 5.74) is 4.53. The van der Waals surface area contributed by atoms with Crippen LogP contribution < -0.4 is 21.2 Å². The molecule has 39 heavy (non-hydrogen) atoms. The number of aliphatic hydroxyl groups is 1. The van der Waals surface area contributed by atoms with Crippen LogP contribution in [0.1, 0.15) is 46.6 Å². The molecule has 3 amide bonds. The van der Waals surface area contributed by atoms with Crippen molar-refractivity contribution in [2.75, 3.05) is 5.12 Å². The predicted molar refractivity (Wildman–Crippen MR) is 146 cm³/mol. The maximum absolute atomic E-state index is 13.3. The number of amides is 3. The second-order valence-corrected chi connectivity index (χ2v) is 11.1. The van der Waals surface area contributed by atoms with Crippen LogP contribution in [0.5, 0.6) is 0 Å². The maximum atomic E-state index is 13.3. The van der Waals surface area contributed by atoms with E-state index in [-0.39, 0.29) is 18.8 Å². The summed E-state index contributed by atoms with van der Waals surface area (Å²) in [6.45, 7) is 9.24. The molecule has 11 heteroatoms. The van der Waals surface area contributed by atoms with Gasteiger partial charge in [0.15, 0.2) is 12.2 Å². The molecule has 0 fully saturated rings. The first-order valence-corrected chi connectivity index (χ1v) is 13.0. The molecule has 3 aromatic rings. The molecule has 1 aromatic heterocycles. The first-order chi connectivity index (χ1) is 18.4. The van der Waals surface area contributed by atoms with Gasteiger partial charge in [0.05, 0.1) is 17.1 Å². The molecule has 0 aliphatic carbocycles. The molecular formula is C28H36N6O5. The van der Waals surface area contributed by atoms with Crippen molar-refractivity contribution in [3.8, 4) is 0 Å². The van der Waals surface area contributed by atoms with Gasteiger partial charge < -0.3 is 20.5 Å². The van der Waals surface area contributed by atoms with E-state index >= 15 is 0 Å². The number of carbonyl (C=O) groups is 3. The highest BCUT2D eigenvalue weighted by atomic mass is 16.6. The molecule has 1 aliphatic heterocycles. The summed E-state index contributed by atoms with van der Waals surface area (Å²) < 4.78 is 7.19. The number of ether oxygens (including phenoxy) is 1. The van der Waals surface area contributed by atoms with Crippen molar-refractivity contribution in [3.63, 3.8) is 0 Å². The number of benzene rings is 2. The largest absolute Gasteiger partial charge is 0.436 e. The summed E-state index contributed by atoms with van der Waals surface area (Å²) in [6.07, 6.45) is -2.98. The first-order valence-electron chi connectivity index (χ1n) is 13.0. The van der Waals surface area contributed by atoms with Gasteiger partial charge in [-0.2, -0.15) is 4.68 Å². The van der Waals surface area contributed by atoms with E-state index < -0.39 is 41.7 Å². The third-order valence-electron chi connectivity index (χ3n) is 6.07. The zero-order valence-electron chi connectivity index (χ0n) is 22.8. The van der Waals surface area contributed by atoms with Crippen LogP contribution in [0.25, 0.3) is 11.0 Å². The van der Waals surface area contributed by atoms with Gasteiger partial charge >= 0.3 is 6.09 Å². The number of carbonyl (C=O) groups excluding carboxylic acids is 3. The average molecular weight is 537 g/mol. The van der Waals surface area contributed by atoms with Gasteiger partial charge in [0.1, 0.15) is 0 Å². The maximum Gasteiger partial charge on any atom is 0.408 e. The minimum absolute atomic E-state index is 0.0451. The van der Waals surface area contributed by atoms with Crippen LogP contribution in [0.2, 0.25) is 0 Å². The van der Waals surface area contributed by atoms with Gasteiger partial charge in [-0.3, -0.25) is 9.59 Å². The van der Waals surface area contributed by atoms with E-state index in [0.717, 1.165) is 16.6 Å². The number of fused-ring (bicyclic) bond motifs is 3. The molecular weight excluding hydrogens is 500 g/mol. The number of alkyl carbamates (subject to hydrolysis) is 1. The van der Waals surface area contributed by atoms with Crippen molar-refractivity contribution < 1.29 is 24.2 Å². The fourth-order valence-electron chi connectivity index (χ4n) is 4.23. The Labute approximate surface area is 227 Å². The Morgan fingerprint density at radius 3 is 2.33 bits per heavy atom. The van der Waals surface area contributed by atoms with Gasteiger partial charge in [-0.25, -0.2) is 15.2 Å². The predicted octanol–water partition coefficient (Wildman–Crippen LogP) is 2.68. The number of para-hydroxylation sites is 2. The SMILES string of the molecule is CC(C)C[C@H](OC(=O)NC(C)(C)C)C(=O)N[C@@H](Cc1ccccc1)[C@@H](O)C(=O)NN1c2nc3ccccc3n21. The second kappa shape index (κ2) is 11.3. The van der Waals surface area contributed by atoms with E-state index in [2.05, 4.69) is 21.0 Å². The fourth-order valence-corrected chi connectivity index (χ4v) is 4.23. The van der Waals surface area contributed by atoms with Gasteiger partial charge in [0.25, 0.3) is 17.8 Å². The van der Waals surface area contributed by atoms with Crippen LogP contribution in [0.15, 0.2) is 54.6 Å². The highest BCUT2D eigenvalue weighted by molar-refractivity contribution is 5.89. The first kappa shape index (κ1) is 27.9.